The Morgan fingerprint density at radius 2 is 2.22 bits per heavy atom. The van der Waals surface area contributed by atoms with Crippen LogP contribution in [0.1, 0.15) is 30.5 Å². The van der Waals surface area contributed by atoms with Crippen molar-refractivity contribution in [2.24, 2.45) is 4.99 Å². The molecule has 2 N–H and O–H groups in total. The van der Waals surface area contributed by atoms with Crippen LogP contribution in [0.25, 0.3) is 0 Å². The fourth-order valence-electron chi connectivity index (χ4n) is 3.73. The number of aliphatic imine (C=N–C) groups is 1. The molecule has 6 heteroatoms. The van der Waals surface area contributed by atoms with Crippen LogP contribution in [0.5, 0.6) is 5.75 Å². The van der Waals surface area contributed by atoms with Crippen molar-refractivity contribution in [3.8, 4) is 5.75 Å². The maximum Gasteiger partial charge on any atom is 0.191 e. The second kappa shape index (κ2) is 8.39. The quantitative estimate of drug-likeness (QED) is 0.608. The van der Waals surface area contributed by atoms with Gasteiger partial charge in [-0.25, -0.2) is 0 Å². The van der Waals surface area contributed by atoms with Gasteiger partial charge in [0.2, 0.25) is 0 Å². The third kappa shape index (κ3) is 4.57. The van der Waals surface area contributed by atoms with E-state index in [9.17, 15) is 0 Å². The van der Waals surface area contributed by atoms with Gasteiger partial charge in [0.15, 0.2) is 5.96 Å². The number of ether oxygens (including phenoxy) is 2. The first kappa shape index (κ1) is 17.8. The largest absolute Gasteiger partial charge is 0.487 e. The summed E-state index contributed by atoms with van der Waals surface area (Å²) in [5.74, 6) is 1.65. The molecule has 27 heavy (non-hydrogen) atoms. The van der Waals surface area contributed by atoms with Crippen molar-refractivity contribution in [1.82, 2.24) is 15.6 Å². The smallest absolute Gasteiger partial charge is 0.191 e. The molecule has 3 atom stereocenters. The summed E-state index contributed by atoms with van der Waals surface area (Å²) in [6.45, 7) is 1.15. The first-order valence-corrected chi connectivity index (χ1v) is 9.54. The second-order valence-electron chi connectivity index (χ2n) is 7.04. The highest BCUT2D eigenvalue weighted by molar-refractivity contribution is 5.80. The summed E-state index contributed by atoms with van der Waals surface area (Å²) in [7, 11) is 1.80. The van der Waals surface area contributed by atoms with Gasteiger partial charge in [0.25, 0.3) is 0 Å². The SMILES string of the molecule is CN=C(NCc1cccc(OCc2ccccn2)c1)NC1CC2CCC1O2. The van der Waals surface area contributed by atoms with E-state index in [0.717, 1.165) is 35.8 Å². The lowest BCUT2D eigenvalue weighted by atomic mass is 9.96. The Balaban J connectivity index is 1.28. The summed E-state index contributed by atoms with van der Waals surface area (Å²) in [6, 6.07) is 14.3. The van der Waals surface area contributed by atoms with Crippen molar-refractivity contribution in [1.29, 1.82) is 0 Å². The molecule has 2 bridgehead atoms. The molecular formula is C21H26N4O2. The molecule has 1 aromatic carbocycles. The van der Waals surface area contributed by atoms with Gasteiger partial charge in [-0.1, -0.05) is 18.2 Å². The fraction of sp³-hybridized carbons (Fsp3) is 0.429. The van der Waals surface area contributed by atoms with Gasteiger partial charge in [-0.2, -0.15) is 0 Å². The molecule has 2 saturated heterocycles. The molecule has 2 aliphatic rings. The molecule has 3 heterocycles. The molecule has 0 radical (unpaired) electrons. The van der Waals surface area contributed by atoms with Crippen LogP contribution in [0.15, 0.2) is 53.7 Å². The summed E-state index contributed by atoms with van der Waals surface area (Å²) >= 11 is 0. The maximum atomic E-state index is 5.91. The van der Waals surface area contributed by atoms with Gasteiger partial charge in [0.1, 0.15) is 12.4 Å². The van der Waals surface area contributed by atoms with Gasteiger partial charge >= 0.3 is 0 Å². The minimum absolute atomic E-state index is 0.330. The van der Waals surface area contributed by atoms with Crippen LogP contribution < -0.4 is 15.4 Å². The summed E-state index contributed by atoms with van der Waals surface area (Å²) < 4.78 is 11.8. The first-order valence-electron chi connectivity index (χ1n) is 9.54. The monoisotopic (exact) mass is 366 g/mol. The third-order valence-corrected chi connectivity index (χ3v) is 5.12. The summed E-state index contributed by atoms with van der Waals surface area (Å²) in [5, 5.41) is 6.89. The Morgan fingerprint density at radius 1 is 1.26 bits per heavy atom. The molecule has 0 amide bonds. The van der Waals surface area contributed by atoms with Gasteiger partial charge in [0, 0.05) is 19.8 Å². The van der Waals surface area contributed by atoms with Gasteiger partial charge < -0.3 is 20.1 Å². The fourth-order valence-corrected chi connectivity index (χ4v) is 3.73. The number of nitrogens with one attached hydrogen (secondary N) is 2. The zero-order valence-electron chi connectivity index (χ0n) is 15.6. The number of fused-ring (bicyclic) bond motifs is 2. The van der Waals surface area contributed by atoms with Crippen molar-refractivity contribution in [2.75, 3.05) is 7.05 Å². The Labute approximate surface area is 160 Å². The number of hydrogen-bond donors (Lipinski definition) is 2. The topological polar surface area (TPSA) is 67.8 Å². The van der Waals surface area contributed by atoms with E-state index in [4.69, 9.17) is 9.47 Å². The van der Waals surface area contributed by atoms with Crippen LogP contribution >= 0.6 is 0 Å². The van der Waals surface area contributed by atoms with Crippen LogP contribution in [-0.4, -0.2) is 36.2 Å². The van der Waals surface area contributed by atoms with Gasteiger partial charge in [-0.3, -0.25) is 9.98 Å². The highest BCUT2D eigenvalue weighted by Gasteiger charge is 2.41. The zero-order chi connectivity index (χ0) is 18.5. The van der Waals surface area contributed by atoms with E-state index in [1.165, 1.54) is 6.42 Å². The second-order valence-corrected chi connectivity index (χ2v) is 7.04. The Bertz CT molecular complexity index is 781. The molecule has 2 aliphatic heterocycles. The van der Waals surface area contributed by atoms with Crippen LogP contribution in [0.3, 0.4) is 0 Å². The first-order chi connectivity index (χ1) is 13.3. The average molecular weight is 366 g/mol. The highest BCUT2D eigenvalue weighted by atomic mass is 16.5. The normalized spacial score (nSPS) is 24.0. The van der Waals surface area contributed by atoms with E-state index in [0.29, 0.717) is 31.4 Å². The van der Waals surface area contributed by atoms with Crippen molar-refractivity contribution in [2.45, 2.75) is 50.7 Å². The number of pyridine rings is 1. The predicted molar refractivity (Wildman–Crippen MR) is 105 cm³/mol. The van der Waals surface area contributed by atoms with Crippen molar-refractivity contribution in [3.05, 3.63) is 59.9 Å². The number of nitrogens with zero attached hydrogens (tertiary/aromatic N) is 2. The molecule has 0 saturated carbocycles. The van der Waals surface area contributed by atoms with Crippen LogP contribution in [0, 0.1) is 0 Å². The molecule has 4 rings (SSSR count). The molecular weight excluding hydrogens is 340 g/mol. The van der Waals surface area contributed by atoms with Crippen LogP contribution in [-0.2, 0) is 17.9 Å². The lowest BCUT2D eigenvalue weighted by Gasteiger charge is -2.22. The van der Waals surface area contributed by atoms with E-state index in [1.54, 1.807) is 13.2 Å². The van der Waals surface area contributed by atoms with Gasteiger partial charge in [-0.05, 0) is 49.1 Å². The number of rotatable bonds is 6. The van der Waals surface area contributed by atoms with E-state index in [1.807, 2.05) is 36.4 Å². The Kier molecular flexibility index (Phi) is 5.53. The summed E-state index contributed by atoms with van der Waals surface area (Å²) in [4.78, 5) is 8.63. The minimum atomic E-state index is 0.330. The Morgan fingerprint density at radius 3 is 2.96 bits per heavy atom. The minimum Gasteiger partial charge on any atom is -0.487 e. The molecule has 6 nitrogen and oxygen atoms in total. The van der Waals surface area contributed by atoms with E-state index in [-0.39, 0.29) is 0 Å². The van der Waals surface area contributed by atoms with E-state index < -0.39 is 0 Å². The number of hydrogen-bond acceptors (Lipinski definition) is 4. The molecule has 2 aromatic rings. The van der Waals surface area contributed by atoms with E-state index >= 15 is 0 Å². The van der Waals surface area contributed by atoms with Crippen molar-refractivity contribution < 1.29 is 9.47 Å². The number of benzene rings is 1. The molecule has 3 unspecified atom stereocenters. The van der Waals surface area contributed by atoms with E-state index in [2.05, 4.69) is 26.7 Å². The molecule has 142 valence electrons. The molecule has 0 aliphatic carbocycles. The highest BCUT2D eigenvalue weighted by Crippen LogP contribution is 2.34. The maximum absolute atomic E-state index is 5.91. The van der Waals surface area contributed by atoms with Crippen molar-refractivity contribution in [3.63, 3.8) is 0 Å². The van der Waals surface area contributed by atoms with Crippen LogP contribution in [0.2, 0.25) is 0 Å². The van der Waals surface area contributed by atoms with Crippen LogP contribution in [0.4, 0.5) is 0 Å². The summed E-state index contributed by atoms with van der Waals surface area (Å²) in [6.07, 6.45) is 5.95. The molecule has 2 fully saturated rings. The third-order valence-electron chi connectivity index (χ3n) is 5.12. The van der Waals surface area contributed by atoms with Crippen molar-refractivity contribution >= 4 is 5.96 Å². The molecule has 0 spiro atoms. The number of aromatic nitrogens is 1. The average Bonchev–Trinajstić information content (AvgIpc) is 3.34. The standard InChI is InChI=1S/C21H26N4O2/c1-22-21(25-19-12-18-8-9-20(19)27-18)24-13-15-5-4-7-17(11-15)26-14-16-6-2-3-10-23-16/h2-7,10-11,18-20H,8-9,12-14H2,1H3,(H2,22,24,25). The van der Waals surface area contributed by atoms with Gasteiger partial charge in [0.05, 0.1) is 23.9 Å². The lowest BCUT2D eigenvalue weighted by Crippen LogP contribution is -2.47. The predicted octanol–water partition coefficient (Wildman–Crippen LogP) is 2.65. The number of guanidine groups is 1. The summed E-state index contributed by atoms with van der Waals surface area (Å²) in [5.41, 5.74) is 2.05. The lowest BCUT2D eigenvalue weighted by molar-refractivity contribution is 0.0992. The Hall–Kier alpha value is -2.60. The van der Waals surface area contributed by atoms with Gasteiger partial charge in [-0.15, -0.1) is 0 Å². The zero-order valence-corrected chi connectivity index (χ0v) is 15.6. The molecule has 1 aromatic heterocycles.